The lowest BCUT2D eigenvalue weighted by Crippen LogP contribution is -2.35. The van der Waals surface area contributed by atoms with Gasteiger partial charge in [-0.1, -0.05) is 38.1 Å². The van der Waals surface area contributed by atoms with Gasteiger partial charge >= 0.3 is 5.97 Å². The van der Waals surface area contributed by atoms with Crippen molar-refractivity contribution in [1.82, 2.24) is 0 Å². The number of hydrogen-bond donors (Lipinski definition) is 1. The molecule has 3 rings (SSSR count). The standard InChI is InChI=1S/C19H26O5/c1-11(2)8-13-4-6-14(7-5-13)12(3)19(21)24-16-10-23-17-15(20)9-22-18(16)17/h4-7,11-12,15-18,20H,8-10H2,1-3H3/t12?,15-,16+,17+,18+/m0/s1. The van der Waals surface area contributed by atoms with E-state index in [4.69, 9.17) is 14.2 Å². The molecule has 0 bridgehead atoms. The first-order valence-corrected chi connectivity index (χ1v) is 8.66. The van der Waals surface area contributed by atoms with Crippen LogP contribution in [0.15, 0.2) is 24.3 Å². The summed E-state index contributed by atoms with van der Waals surface area (Å²) < 4.78 is 16.6. The Morgan fingerprint density at radius 3 is 2.50 bits per heavy atom. The van der Waals surface area contributed by atoms with Crippen LogP contribution in [0.2, 0.25) is 0 Å². The lowest BCUT2D eigenvalue weighted by Gasteiger charge is -2.19. The third kappa shape index (κ3) is 3.63. The van der Waals surface area contributed by atoms with Gasteiger partial charge in [-0.3, -0.25) is 4.79 Å². The molecule has 0 radical (unpaired) electrons. The van der Waals surface area contributed by atoms with Crippen molar-refractivity contribution >= 4 is 5.97 Å². The number of rotatable bonds is 5. The van der Waals surface area contributed by atoms with Crippen LogP contribution in [0.5, 0.6) is 0 Å². The van der Waals surface area contributed by atoms with Crippen molar-refractivity contribution in [2.24, 2.45) is 5.92 Å². The van der Waals surface area contributed by atoms with Crippen molar-refractivity contribution < 1.29 is 24.1 Å². The molecule has 0 aromatic heterocycles. The maximum Gasteiger partial charge on any atom is 0.313 e. The summed E-state index contributed by atoms with van der Waals surface area (Å²) in [5.74, 6) is -0.0235. The summed E-state index contributed by atoms with van der Waals surface area (Å²) in [5, 5.41) is 9.74. The molecule has 2 fully saturated rings. The molecule has 1 aromatic rings. The highest BCUT2D eigenvalue weighted by atomic mass is 16.6. The third-order valence-corrected chi connectivity index (χ3v) is 4.73. The molecule has 132 valence electrons. The predicted octanol–water partition coefficient (Wildman–Crippen LogP) is 2.06. The zero-order valence-corrected chi connectivity index (χ0v) is 14.5. The molecule has 0 aliphatic carbocycles. The van der Waals surface area contributed by atoms with E-state index in [0.29, 0.717) is 5.92 Å². The molecular weight excluding hydrogens is 308 g/mol. The van der Waals surface area contributed by atoms with Crippen LogP contribution in [-0.4, -0.2) is 48.7 Å². The molecule has 0 saturated carbocycles. The van der Waals surface area contributed by atoms with Crippen LogP contribution in [0.4, 0.5) is 0 Å². The van der Waals surface area contributed by atoms with Gasteiger partial charge in [0.2, 0.25) is 0 Å². The zero-order valence-electron chi connectivity index (χ0n) is 14.5. The fourth-order valence-electron chi connectivity index (χ4n) is 3.35. The first-order chi connectivity index (χ1) is 11.5. The Balaban J connectivity index is 1.59. The highest BCUT2D eigenvalue weighted by molar-refractivity contribution is 5.78. The van der Waals surface area contributed by atoms with Crippen molar-refractivity contribution in [3.05, 3.63) is 35.4 Å². The van der Waals surface area contributed by atoms with Crippen LogP contribution < -0.4 is 0 Å². The van der Waals surface area contributed by atoms with Gasteiger partial charge in [0.15, 0.2) is 6.10 Å². The van der Waals surface area contributed by atoms with E-state index < -0.39 is 12.2 Å². The van der Waals surface area contributed by atoms with Crippen LogP contribution in [0.3, 0.4) is 0 Å². The summed E-state index contributed by atoms with van der Waals surface area (Å²) in [7, 11) is 0. The first-order valence-electron chi connectivity index (χ1n) is 8.66. The van der Waals surface area contributed by atoms with E-state index in [1.807, 2.05) is 19.1 Å². The molecule has 2 saturated heterocycles. The van der Waals surface area contributed by atoms with Crippen molar-refractivity contribution in [3.63, 3.8) is 0 Å². The summed E-state index contributed by atoms with van der Waals surface area (Å²) in [6.07, 6.45) is -0.786. The number of hydrogen-bond acceptors (Lipinski definition) is 5. The zero-order chi connectivity index (χ0) is 17.3. The minimum absolute atomic E-state index is 0.232. The minimum atomic E-state index is -0.635. The smallest absolute Gasteiger partial charge is 0.313 e. The molecule has 24 heavy (non-hydrogen) atoms. The van der Waals surface area contributed by atoms with Crippen molar-refractivity contribution in [1.29, 1.82) is 0 Å². The largest absolute Gasteiger partial charge is 0.457 e. The van der Waals surface area contributed by atoms with Crippen LogP contribution in [0, 0.1) is 5.92 Å². The number of carbonyl (C=O) groups excluding carboxylic acids is 1. The summed E-state index contributed by atoms with van der Waals surface area (Å²) in [4.78, 5) is 12.4. The Bertz CT molecular complexity index is 568. The van der Waals surface area contributed by atoms with Gasteiger partial charge in [0.05, 0.1) is 19.1 Å². The normalized spacial score (nSPS) is 30.4. The molecule has 0 amide bonds. The molecular formula is C19H26O5. The Morgan fingerprint density at radius 2 is 1.83 bits per heavy atom. The Labute approximate surface area is 142 Å². The van der Waals surface area contributed by atoms with Gasteiger partial charge in [-0.05, 0) is 30.4 Å². The van der Waals surface area contributed by atoms with E-state index in [1.54, 1.807) is 0 Å². The molecule has 5 atom stereocenters. The average Bonchev–Trinajstić information content (AvgIpc) is 3.11. The molecule has 0 spiro atoms. The Hall–Kier alpha value is -1.43. The van der Waals surface area contributed by atoms with E-state index in [-0.39, 0.29) is 37.3 Å². The second-order valence-electron chi connectivity index (χ2n) is 7.20. The Kier molecular flexibility index (Phi) is 5.23. The van der Waals surface area contributed by atoms with Gasteiger partial charge in [-0.15, -0.1) is 0 Å². The second-order valence-corrected chi connectivity index (χ2v) is 7.20. The summed E-state index contributed by atoms with van der Waals surface area (Å²) in [6, 6.07) is 8.13. The highest BCUT2D eigenvalue weighted by Gasteiger charge is 2.49. The number of carbonyl (C=O) groups is 1. The van der Waals surface area contributed by atoms with Gasteiger partial charge in [0, 0.05) is 0 Å². The molecule has 2 aliphatic heterocycles. The van der Waals surface area contributed by atoms with Crippen LogP contribution in [-0.2, 0) is 25.4 Å². The van der Waals surface area contributed by atoms with E-state index in [2.05, 4.69) is 26.0 Å². The maximum atomic E-state index is 12.4. The fraction of sp³-hybridized carbons (Fsp3) is 0.632. The number of benzene rings is 1. The maximum absolute atomic E-state index is 12.4. The number of aliphatic hydroxyl groups excluding tert-OH is 1. The van der Waals surface area contributed by atoms with Crippen LogP contribution >= 0.6 is 0 Å². The van der Waals surface area contributed by atoms with Crippen molar-refractivity contribution in [2.45, 2.75) is 57.5 Å². The molecule has 1 unspecified atom stereocenters. The summed E-state index contributed by atoms with van der Waals surface area (Å²) in [6.45, 7) is 6.73. The molecule has 1 N–H and O–H groups in total. The van der Waals surface area contributed by atoms with Gasteiger partial charge < -0.3 is 19.3 Å². The first kappa shape index (κ1) is 17.4. The lowest BCUT2D eigenvalue weighted by atomic mass is 9.97. The van der Waals surface area contributed by atoms with Crippen molar-refractivity contribution in [3.8, 4) is 0 Å². The van der Waals surface area contributed by atoms with Gasteiger partial charge in [0.25, 0.3) is 0 Å². The number of ether oxygens (including phenoxy) is 3. The molecule has 5 nitrogen and oxygen atoms in total. The Morgan fingerprint density at radius 1 is 1.17 bits per heavy atom. The van der Waals surface area contributed by atoms with Gasteiger partial charge in [-0.25, -0.2) is 0 Å². The molecule has 2 heterocycles. The average molecular weight is 334 g/mol. The molecule has 1 aromatic carbocycles. The van der Waals surface area contributed by atoms with Gasteiger partial charge in [-0.2, -0.15) is 0 Å². The topological polar surface area (TPSA) is 65.0 Å². The predicted molar refractivity (Wildman–Crippen MR) is 88.8 cm³/mol. The molecule has 5 heteroatoms. The summed E-state index contributed by atoms with van der Waals surface area (Å²) >= 11 is 0. The lowest BCUT2D eigenvalue weighted by molar-refractivity contribution is -0.155. The monoisotopic (exact) mass is 334 g/mol. The summed E-state index contributed by atoms with van der Waals surface area (Å²) in [5.41, 5.74) is 2.21. The SMILES string of the molecule is CC(C)Cc1ccc(C(C)C(=O)O[C@@H]2CO[C@H]3[C@@H]2OC[C@@H]3O)cc1. The number of fused-ring (bicyclic) bond motifs is 1. The fourth-order valence-corrected chi connectivity index (χ4v) is 3.35. The van der Waals surface area contributed by atoms with E-state index in [0.717, 1.165) is 12.0 Å². The van der Waals surface area contributed by atoms with Crippen molar-refractivity contribution in [2.75, 3.05) is 13.2 Å². The number of esters is 1. The minimum Gasteiger partial charge on any atom is -0.457 e. The second kappa shape index (κ2) is 7.21. The van der Waals surface area contributed by atoms with Crippen LogP contribution in [0.1, 0.15) is 37.8 Å². The number of aliphatic hydroxyl groups is 1. The molecule has 2 aliphatic rings. The quantitative estimate of drug-likeness (QED) is 0.835. The van der Waals surface area contributed by atoms with Gasteiger partial charge in [0.1, 0.15) is 18.3 Å². The highest BCUT2D eigenvalue weighted by Crippen LogP contribution is 2.30. The van der Waals surface area contributed by atoms with E-state index >= 15 is 0 Å². The van der Waals surface area contributed by atoms with E-state index in [9.17, 15) is 9.90 Å². The third-order valence-electron chi connectivity index (χ3n) is 4.73. The van der Waals surface area contributed by atoms with Crippen LogP contribution in [0.25, 0.3) is 0 Å². The van der Waals surface area contributed by atoms with E-state index in [1.165, 1.54) is 5.56 Å².